The molecule has 0 aromatic heterocycles. The molecule has 126 heavy (non-hydrogen) atoms. The van der Waals surface area contributed by atoms with E-state index in [1.54, 1.807) is 71.7 Å². The minimum absolute atomic E-state index is 0.243. The lowest BCUT2D eigenvalue weighted by Gasteiger charge is -2.19. The van der Waals surface area contributed by atoms with Gasteiger partial charge in [-0.15, -0.1) is 0 Å². The molecule has 0 fully saturated rings. The van der Waals surface area contributed by atoms with Gasteiger partial charge in [-0.3, -0.25) is 0 Å². The minimum atomic E-state index is -0.900. The summed E-state index contributed by atoms with van der Waals surface area (Å²) in [5, 5.41) is 1.46. The molecule has 24 heteroatoms. The molecule has 0 unspecified atom stereocenters. The molecular weight excluding hydrogens is 1600 g/mol. The number of esters is 6. The highest BCUT2D eigenvalue weighted by molar-refractivity contribution is 6.27. The van der Waals surface area contributed by atoms with Crippen molar-refractivity contribution >= 4 is 102 Å². The van der Waals surface area contributed by atoms with E-state index in [0.717, 1.165) is 77.0 Å². The third-order valence-corrected chi connectivity index (χ3v) is 20.1. The molecule has 0 N–H and O–H groups in total. The second-order valence-corrected chi connectivity index (χ2v) is 29.8. The average molecular weight is 1710 g/mol. The lowest BCUT2D eigenvalue weighted by Crippen LogP contribution is -2.14. The zero-order valence-corrected chi connectivity index (χ0v) is 74.0. The molecule has 10 aromatic carbocycles. The Kier molecular flexibility index (Phi) is 36.3. The first kappa shape index (κ1) is 94.1. The van der Waals surface area contributed by atoms with Crippen LogP contribution in [-0.4, -0.2) is 118 Å². The minimum Gasteiger partial charge on any atom is -0.494 e. The third kappa shape index (κ3) is 28.5. The van der Waals surface area contributed by atoms with Crippen LogP contribution in [0.15, 0.2) is 256 Å². The van der Waals surface area contributed by atoms with E-state index in [1.807, 2.05) is 146 Å². The fourth-order valence-electron chi connectivity index (χ4n) is 12.6. The molecule has 10 aromatic rings. The van der Waals surface area contributed by atoms with Crippen molar-refractivity contribution in [3.05, 3.63) is 256 Å². The van der Waals surface area contributed by atoms with E-state index in [2.05, 4.69) is 41.5 Å². The van der Waals surface area contributed by atoms with Crippen LogP contribution in [-0.2, 0) is 28.8 Å². The van der Waals surface area contributed by atoms with Gasteiger partial charge in [0.2, 0.25) is 0 Å². The van der Waals surface area contributed by atoms with Crippen LogP contribution in [0.1, 0.15) is 119 Å². The van der Waals surface area contributed by atoms with Crippen LogP contribution < -0.4 is 86.2 Å². The van der Waals surface area contributed by atoms with Crippen LogP contribution in [0.5, 0.6) is 69.0 Å². The smallest absolute Gasteiger partial charge is 0.337 e. The highest BCUT2D eigenvalue weighted by Crippen LogP contribution is 2.48. The number of carbonyl (C=O) groups is 6. The standard InChI is InChI=1S/C102H114N6O18/c1-13-19-61-115-79-37-25-73(26-38-79)103(7)55-49-97(109)121-91-67-85-86(68-92(91)122-98(110)50-56-104(8)74-27-39-80(40-28-74)116-62-20-14-2)88-70-94(124-100(112)52-58-106(10)76-31-43-82(44-32-76)118-64-22-16-4)96(126-102(114)54-60-108(12)78-35-47-84(48-36-78)120-66-24-18-6)72-90(88)89-71-95(125-101(113)53-59-107(11)77-33-45-83(46-34-77)119-65-23-17-5)93(69-87(85)89)123-99(111)51-57-105(9)75-29-41-81(42-30-75)117-63-21-15-3/h25-60,67-72H,13-24,61-66H2,1-12H3/b55-49+,56-50+,57-51+,58-52+,59-53+,60-54+. The van der Waals surface area contributed by atoms with Crippen LogP contribution in [0.25, 0.3) is 32.3 Å². The summed E-state index contributed by atoms with van der Waals surface area (Å²) in [5.74, 6) is -2.90. The van der Waals surface area contributed by atoms with Crippen LogP contribution in [0, 0.1) is 0 Å². The first-order valence-corrected chi connectivity index (χ1v) is 42.8. The van der Waals surface area contributed by atoms with Gasteiger partial charge in [-0.25, -0.2) is 28.8 Å². The van der Waals surface area contributed by atoms with Crippen molar-refractivity contribution in [3.63, 3.8) is 0 Å². The number of hydrogen-bond donors (Lipinski definition) is 0. The molecule has 0 saturated heterocycles. The summed E-state index contributed by atoms with van der Waals surface area (Å²) in [4.78, 5) is 98.0. The quantitative estimate of drug-likeness (QED) is 0.0113. The predicted octanol–water partition coefficient (Wildman–Crippen LogP) is 21.6. The van der Waals surface area contributed by atoms with Gasteiger partial charge in [0.05, 0.1) is 39.6 Å². The summed E-state index contributed by atoms with van der Waals surface area (Å²) < 4.78 is 73.3. The fraction of sp³-hybridized carbons (Fsp3) is 0.294. The van der Waals surface area contributed by atoms with Crippen molar-refractivity contribution in [2.45, 2.75) is 119 Å². The van der Waals surface area contributed by atoms with Gasteiger partial charge in [-0.05, 0) is 253 Å². The number of ether oxygens (including phenoxy) is 12. The maximum atomic E-state index is 14.6. The monoisotopic (exact) mass is 1710 g/mol. The number of rotatable bonds is 48. The Morgan fingerprint density at radius 1 is 0.214 bits per heavy atom. The van der Waals surface area contributed by atoms with Crippen LogP contribution in [0.2, 0.25) is 0 Å². The number of benzene rings is 10. The maximum absolute atomic E-state index is 14.6. The van der Waals surface area contributed by atoms with E-state index in [1.165, 1.54) is 110 Å². The van der Waals surface area contributed by atoms with E-state index in [-0.39, 0.29) is 66.8 Å². The Balaban J connectivity index is 1.16. The Labute approximate surface area is 738 Å². The van der Waals surface area contributed by atoms with Gasteiger partial charge in [0, 0.05) is 150 Å². The number of carbonyl (C=O) groups excluding carboxylic acids is 6. The number of fused-ring (bicyclic) bond motifs is 6. The van der Waals surface area contributed by atoms with Crippen LogP contribution >= 0.6 is 0 Å². The van der Waals surface area contributed by atoms with Crippen LogP contribution in [0.3, 0.4) is 0 Å². The lowest BCUT2D eigenvalue weighted by molar-refractivity contribution is -0.131. The molecule has 0 aliphatic heterocycles. The Bertz CT molecular complexity index is 4560. The van der Waals surface area contributed by atoms with E-state index in [4.69, 9.17) is 56.8 Å². The second kappa shape index (κ2) is 48.6. The van der Waals surface area contributed by atoms with Gasteiger partial charge in [0.1, 0.15) is 34.5 Å². The first-order valence-electron chi connectivity index (χ1n) is 42.8. The molecule has 0 heterocycles. The molecule has 10 rings (SSSR count). The summed E-state index contributed by atoms with van der Waals surface area (Å²) in [6, 6.07) is 53.0. The fourth-order valence-corrected chi connectivity index (χ4v) is 12.6. The van der Waals surface area contributed by atoms with Gasteiger partial charge in [-0.1, -0.05) is 80.1 Å². The Morgan fingerprint density at radius 3 is 0.460 bits per heavy atom. The van der Waals surface area contributed by atoms with Crippen LogP contribution in [0.4, 0.5) is 34.1 Å². The summed E-state index contributed by atoms with van der Waals surface area (Å²) in [5.41, 5.74) is 4.27. The van der Waals surface area contributed by atoms with Crippen molar-refractivity contribution in [1.82, 2.24) is 0 Å². The van der Waals surface area contributed by atoms with Gasteiger partial charge in [0.15, 0.2) is 34.5 Å². The van der Waals surface area contributed by atoms with Crippen molar-refractivity contribution < 1.29 is 85.6 Å². The van der Waals surface area contributed by atoms with Crippen molar-refractivity contribution in [2.24, 2.45) is 0 Å². The van der Waals surface area contributed by atoms with E-state index >= 15 is 0 Å². The molecule has 0 bridgehead atoms. The zero-order valence-electron chi connectivity index (χ0n) is 74.0. The van der Waals surface area contributed by atoms with E-state index in [9.17, 15) is 28.8 Å². The molecule has 660 valence electrons. The topological polar surface area (TPSA) is 233 Å². The van der Waals surface area contributed by atoms with Gasteiger partial charge in [-0.2, -0.15) is 0 Å². The molecule has 0 saturated carbocycles. The molecular formula is C102H114N6O18. The molecule has 0 aliphatic carbocycles. The van der Waals surface area contributed by atoms with E-state index < -0.39 is 35.8 Å². The van der Waals surface area contributed by atoms with Gasteiger partial charge >= 0.3 is 35.8 Å². The van der Waals surface area contributed by atoms with Crippen molar-refractivity contribution in [3.8, 4) is 69.0 Å². The molecule has 0 aliphatic rings. The molecule has 0 radical (unpaired) electrons. The highest BCUT2D eigenvalue weighted by atomic mass is 16.6. The zero-order chi connectivity index (χ0) is 89.7. The number of anilines is 6. The van der Waals surface area contributed by atoms with Crippen molar-refractivity contribution in [1.29, 1.82) is 0 Å². The molecule has 24 nitrogen and oxygen atoms in total. The average Bonchev–Trinajstić information content (AvgIpc) is 0.722. The molecule has 0 spiro atoms. The summed E-state index contributed by atoms with van der Waals surface area (Å²) >= 11 is 0. The predicted molar refractivity (Wildman–Crippen MR) is 499 cm³/mol. The summed E-state index contributed by atoms with van der Waals surface area (Å²) in [6.45, 7) is 15.9. The first-order chi connectivity index (χ1) is 61.1. The van der Waals surface area contributed by atoms with Gasteiger partial charge < -0.3 is 86.2 Å². The van der Waals surface area contributed by atoms with Gasteiger partial charge in [0.25, 0.3) is 0 Å². The summed E-state index contributed by atoms with van der Waals surface area (Å²) in [6.07, 6.45) is 27.5. The summed E-state index contributed by atoms with van der Waals surface area (Å²) in [7, 11) is 10.5. The third-order valence-electron chi connectivity index (χ3n) is 20.1. The largest absolute Gasteiger partial charge is 0.494 e. The highest BCUT2D eigenvalue weighted by Gasteiger charge is 2.25. The Hall–Kier alpha value is -14.2. The second-order valence-electron chi connectivity index (χ2n) is 29.8. The SMILES string of the molecule is CCCCOc1ccc(N(C)/C=C/C(=O)Oc2cc3c4cc(OC(=O)/C=C/N(C)c5ccc(OCCCC)cc5)c(OC(=O)/C=C/N(C)c5ccc(OCCCC)cc5)cc4c4cc(OC(=O)/C=C/N(C)c5ccc(OCCCC)cc5)c(OC(=O)/C=C/N(C)c5ccc(OCCCC)cc5)cc4c3cc2OC(=O)/C=C/N(C)c2ccc(OCCCC)cc2)cc1. The number of hydrogen-bond acceptors (Lipinski definition) is 24. The number of nitrogens with zero attached hydrogens (tertiary/aromatic N) is 6. The van der Waals surface area contributed by atoms with Crippen molar-refractivity contribution in [2.75, 3.05) is 111 Å². The maximum Gasteiger partial charge on any atom is 0.337 e. The van der Waals surface area contributed by atoms with E-state index in [0.29, 0.717) is 108 Å². The Morgan fingerprint density at radius 2 is 0.341 bits per heavy atom. The lowest BCUT2D eigenvalue weighted by atomic mass is 9.93. The molecule has 0 atom stereocenters. The number of unbranched alkanes of at least 4 members (excludes halogenated alkanes) is 6. The molecule has 0 amide bonds. The normalized spacial score (nSPS) is 11.4.